The lowest BCUT2D eigenvalue weighted by molar-refractivity contribution is 0.202. The summed E-state index contributed by atoms with van der Waals surface area (Å²) in [4.78, 5) is 12.3. The van der Waals surface area contributed by atoms with E-state index in [0.717, 1.165) is 29.7 Å². The third-order valence-corrected chi connectivity index (χ3v) is 3.10. The topological polar surface area (TPSA) is 66.6 Å². The molecule has 1 unspecified atom stereocenters. The van der Waals surface area contributed by atoms with Gasteiger partial charge in [-0.3, -0.25) is 4.90 Å². The molecule has 0 aliphatic carbocycles. The molecule has 2 rings (SSSR count). The second-order valence-electron chi connectivity index (χ2n) is 4.09. The summed E-state index contributed by atoms with van der Waals surface area (Å²) in [5.74, 6) is 0. The predicted octanol–water partition coefficient (Wildman–Crippen LogP) is 2.14. The van der Waals surface area contributed by atoms with E-state index in [1.165, 1.54) is 4.90 Å². The van der Waals surface area contributed by atoms with E-state index in [9.17, 15) is 4.79 Å². The number of nitrogens with zero attached hydrogens (tertiary/aromatic N) is 1. The Morgan fingerprint density at radius 2 is 2.38 bits per heavy atom. The minimum Gasteiger partial charge on any atom is -0.465 e. The molecule has 0 spiro atoms. The molecule has 1 amide bonds. The summed E-state index contributed by atoms with van der Waals surface area (Å²) in [6.45, 7) is 2.59. The number of nitrogens with two attached hydrogens (primary N) is 1. The maximum atomic E-state index is 10.9. The van der Waals surface area contributed by atoms with Gasteiger partial charge in [0.2, 0.25) is 0 Å². The van der Waals surface area contributed by atoms with E-state index in [2.05, 4.69) is 0 Å². The van der Waals surface area contributed by atoms with Crippen LogP contribution in [0, 0.1) is 0 Å². The quantitative estimate of drug-likeness (QED) is 0.802. The summed E-state index contributed by atoms with van der Waals surface area (Å²) in [5, 5.41) is 8.99. The van der Waals surface area contributed by atoms with Crippen molar-refractivity contribution >= 4 is 11.8 Å². The lowest BCUT2D eigenvalue weighted by Gasteiger charge is -2.14. The summed E-state index contributed by atoms with van der Waals surface area (Å²) in [6.07, 6.45) is 0.791. The SMILES string of the molecule is CCC(N)c1ccc2c(c1)CCN2C(=O)O. The minimum atomic E-state index is -0.883. The number of fused-ring (bicyclic) bond motifs is 1. The Balaban J connectivity index is 2.32. The Morgan fingerprint density at radius 3 is 3.00 bits per heavy atom. The predicted molar refractivity (Wildman–Crippen MR) is 62.7 cm³/mol. The molecule has 0 saturated heterocycles. The van der Waals surface area contributed by atoms with Crippen LogP contribution < -0.4 is 10.6 Å². The van der Waals surface area contributed by atoms with Crippen molar-refractivity contribution in [3.8, 4) is 0 Å². The van der Waals surface area contributed by atoms with Gasteiger partial charge in [0.15, 0.2) is 0 Å². The second kappa shape index (κ2) is 4.14. The van der Waals surface area contributed by atoms with Crippen LogP contribution in [-0.4, -0.2) is 17.7 Å². The van der Waals surface area contributed by atoms with Gasteiger partial charge in [-0.25, -0.2) is 4.79 Å². The number of anilines is 1. The molecule has 86 valence electrons. The number of carboxylic acid groups (broad SMARTS) is 1. The molecular weight excluding hydrogens is 204 g/mol. The van der Waals surface area contributed by atoms with Crippen LogP contribution >= 0.6 is 0 Å². The highest BCUT2D eigenvalue weighted by molar-refractivity contribution is 5.88. The molecule has 1 aliphatic heterocycles. The summed E-state index contributed by atoms with van der Waals surface area (Å²) >= 11 is 0. The van der Waals surface area contributed by atoms with Crippen LogP contribution in [0.2, 0.25) is 0 Å². The first kappa shape index (κ1) is 11.0. The Bertz CT molecular complexity index is 417. The maximum absolute atomic E-state index is 10.9. The monoisotopic (exact) mass is 220 g/mol. The Kier molecular flexibility index (Phi) is 2.83. The number of benzene rings is 1. The zero-order chi connectivity index (χ0) is 11.7. The Morgan fingerprint density at radius 1 is 1.62 bits per heavy atom. The van der Waals surface area contributed by atoms with Gasteiger partial charge in [0.1, 0.15) is 0 Å². The van der Waals surface area contributed by atoms with E-state index in [4.69, 9.17) is 10.8 Å². The van der Waals surface area contributed by atoms with Crippen molar-refractivity contribution in [1.82, 2.24) is 0 Å². The average Bonchev–Trinajstić information content (AvgIpc) is 2.70. The highest BCUT2D eigenvalue weighted by Gasteiger charge is 2.24. The largest absolute Gasteiger partial charge is 0.465 e. The Hall–Kier alpha value is -1.55. The molecule has 1 aromatic rings. The molecule has 0 saturated carbocycles. The normalized spacial score (nSPS) is 16.0. The molecular formula is C12H16N2O2. The first-order valence-electron chi connectivity index (χ1n) is 5.52. The highest BCUT2D eigenvalue weighted by Crippen LogP contribution is 2.30. The van der Waals surface area contributed by atoms with E-state index >= 15 is 0 Å². The van der Waals surface area contributed by atoms with Gasteiger partial charge in [0, 0.05) is 12.6 Å². The van der Waals surface area contributed by atoms with Crippen molar-refractivity contribution in [2.75, 3.05) is 11.4 Å². The van der Waals surface area contributed by atoms with Crippen molar-refractivity contribution in [2.24, 2.45) is 5.73 Å². The summed E-state index contributed by atoms with van der Waals surface area (Å²) in [7, 11) is 0. The molecule has 0 fully saturated rings. The molecule has 4 nitrogen and oxygen atoms in total. The van der Waals surface area contributed by atoms with Gasteiger partial charge in [-0.2, -0.15) is 0 Å². The van der Waals surface area contributed by atoms with Gasteiger partial charge in [0.25, 0.3) is 0 Å². The molecule has 1 atom stereocenters. The third-order valence-electron chi connectivity index (χ3n) is 3.10. The molecule has 0 bridgehead atoms. The fraction of sp³-hybridized carbons (Fsp3) is 0.417. The first-order chi connectivity index (χ1) is 7.63. The van der Waals surface area contributed by atoms with Crippen LogP contribution in [0.4, 0.5) is 10.5 Å². The summed E-state index contributed by atoms with van der Waals surface area (Å²) < 4.78 is 0. The molecule has 0 radical (unpaired) electrons. The summed E-state index contributed by atoms with van der Waals surface area (Å²) in [6, 6.07) is 5.87. The minimum absolute atomic E-state index is 0.0455. The van der Waals surface area contributed by atoms with E-state index in [0.29, 0.717) is 6.54 Å². The van der Waals surface area contributed by atoms with Crippen LogP contribution in [0.5, 0.6) is 0 Å². The number of amides is 1. The lowest BCUT2D eigenvalue weighted by atomic mass is 10.0. The van der Waals surface area contributed by atoms with E-state index in [1.54, 1.807) is 0 Å². The van der Waals surface area contributed by atoms with Crippen LogP contribution in [0.3, 0.4) is 0 Å². The van der Waals surface area contributed by atoms with E-state index in [-0.39, 0.29) is 6.04 Å². The van der Waals surface area contributed by atoms with Crippen molar-refractivity contribution in [1.29, 1.82) is 0 Å². The molecule has 1 aromatic carbocycles. The third kappa shape index (κ3) is 1.76. The number of hydrogen-bond donors (Lipinski definition) is 2. The van der Waals surface area contributed by atoms with Gasteiger partial charge < -0.3 is 10.8 Å². The fourth-order valence-electron chi connectivity index (χ4n) is 2.09. The van der Waals surface area contributed by atoms with Gasteiger partial charge in [-0.1, -0.05) is 19.1 Å². The number of hydrogen-bond acceptors (Lipinski definition) is 2. The molecule has 0 aromatic heterocycles. The van der Waals surface area contributed by atoms with Crippen molar-refractivity contribution in [3.63, 3.8) is 0 Å². The van der Waals surface area contributed by atoms with Crippen LogP contribution in [0.25, 0.3) is 0 Å². The van der Waals surface area contributed by atoms with Crippen molar-refractivity contribution in [3.05, 3.63) is 29.3 Å². The van der Waals surface area contributed by atoms with Gasteiger partial charge in [-0.05, 0) is 30.0 Å². The first-order valence-corrected chi connectivity index (χ1v) is 5.52. The van der Waals surface area contributed by atoms with Crippen LogP contribution in [0.15, 0.2) is 18.2 Å². The van der Waals surface area contributed by atoms with Gasteiger partial charge >= 0.3 is 6.09 Å². The van der Waals surface area contributed by atoms with Crippen LogP contribution in [-0.2, 0) is 6.42 Å². The van der Waals surface area contributed by atoms with Crippen molar-refractivity contribution < 1.29 is 9.90 Å². The molecule has 16 heavy (non-hydrogen) atoms. The average molecular weight is 220 g/mol. The van der Waals surface area contributed by atoms with Crippen LogP contribution in [0.1, 0.15) is 30.5 Å². The lowest BCUT2D eigenvalue weighted by Crippen LogP contribution is -2.26. The standard InChI is InChI=1S/C12H16N2O2/c1-2-10(13)8-3-4-11-9(7-8)5-6-14(11)12(15)16/h3-4,7,10H,2,5-6,13H2,1H3,(H,15,16). The molecule has 4 heteroatoms. The second-order valence-corrected chi connectivity index (χ2v) is 4.09. The van der Waals surface area contributed by atoms with E-state index < -0.39 is 6.09 Å². The maximum Gasteiger partial charge on any atom is 0.411 e. The highest BCUT2D eigenvalue weighted by atomic mass is 16.4. The van der Waals surface area contributed by atoms with E-state index in [1.807, 2.05) is 25.1 Å². The van der Waals surface area contributed by atoms with Crippen molar-refractivity contribution in [2.45, 2.75) is 25.8 Å². The fourth-order valence-corrected chi connectivity index (χ4v) is 2.09. The zero-order valence-electron chi connectivity index (χ0n) is 9.31. The number of rotatable bonds is 2. The zero-order valence-corrected chi connectivity index (χ0v) is 9.31. The molecule has 1 aliphatic rings. The summed E-state index contributed by atoms with van der Waals surface area (Å²) in [5.41, 5.74) is 8.94. The molecule has 3 N–H and O–H groups in total. The van der Waals surface area contributed by atoms with Gasteiger partial charge in [0.05, 0.1) is 5.69 Å². The van der Waals surface area contributed by atoms with Gasteiger partial charge in [-0.15, -0.1) is 0 Å². The Labute approximate surface area is 94.7 Å². The molecule has 1 heterocycles. The number of carbonyl (C=O) groups is 1. The smallest absolute Gasteiger partial charge is 0.411 e.